The number of isocyanates is 1. The average molecular weight is 195 g/mol. The Balaban J connectivity index is 3.12. The predicted octanol–water partition coefficient (Wildman–Crippen LogP) is 1.98. The molecule has 74 valence electrons. The third kappa shape index (κ3) is 2.18. The summed E-state index contributed by atoms with van der Waals surface area (Å²) in [6.07, 6.45) is 1.37. The van der Waals surface area contributed by atoms with Gasteiger partial charge in [0.25, 0.3) is 0 Å². The second-order valence-electron chi connectivity index (χ2n) is 2.82. The van der Waals surface area contributed by atoms with E-state index < -0.39 is 0 Å². The van der Waals surface area contributed by atoms with Crippen molar-refractivity contribution in [2.45, 2.75) is 13.5 Å². The Bertz CT molecular complexity index is 384. The van der Waals surface area contributed by atoms with E-state index in [1.165, 1.54) is 19.3 Å². The zero-order chi connectivity index (χ0) is 10.6. The van der Waals surface area contributed by atoms with E-state index in [1.54, 1.807) is 13.0 Å². The minimum atomic E-state index is -0.357. The summed E-state index contributed by atoms with van der Waals surface area (Å²) in [7, 11) is 1.50. The molecule has 0 aliphatic rings. The molecule has 1 aromatic carbocycles. The zero-order valence-electron chi connectivity index (χ0n) is 8.00. The quantitative estimate of drug-likeness (QED) is 0.546. The molecule has 0 bridgehead atoms. The van der Waals surface area contributed by atoms with E-state index in [4.69, 9.17) is 4.74 Å². The Hall–Kier alpha value is -1.67. The topological polar surface area (TPSA) is 38.7 Å². The van der Waals surface area contributed by atoms with Gasteiger partial charge in [-0.05, 0) is 24.6 Å². The number of rotatable bonds is 3. The molecule has 1 rings (SSSR count). The van der Waals surface area contributed by atoms with E-state index in [-0.39, 0.29) is 12.4 Å². The first kappa shape index (κ1) is 10.4. The van der Waals surface area contributed by atoms with Crippen LogP contribution in [-0.2, 0) is 11.3 Å². The van der Waals surface area contributed by atoms with Gasteiger partial charge < -0.3 is 4.74 Å². The lowest BCUT2D eigenvalue weighted by Gasteiger charge is -2.06. The molecule has 0 atom stereocenters. The Kier molecular flexibility index (Phi) is 3.37. The number of aryl methyl sites for hydroxylation is 1. The fraction of sp³-hybridized carbons (Fsp3) is 0.300. The van der Waals surface area contributed by atoms with Crippen LogP contribution in [0.25, 0.3) is 0 Å². The SMILES string of the molecule is COc1cc(C)c(F)c(CN=C=O)c1. The van der Waals surface area contributed by atoms with Gasteiger partial charge in [0.05, 0.1) is 13.7 Å². The van der Waals surface area contributed by atoms with Gasteiger partial charge in [-0.15, -0.1) is 0 Å². The Morgan fingerprint density at radius 2 is 2.29 bits per heavy atom. The molecule has 1 aromatic rings. The molecule has 0 fully saturated rings. The van der Waals surface area contributed by atoms with Gasteiger partial charge >= 0.3 is 0 Å². The Morgan fingerprint density at radius 3 is 2.86 bits per heavy atom. The number of methoxy groups -OCH3 is 1. The van der Waals surface area contributed by atoms with Gasteiger partial charge in [0.15, 0.2) is 0 Å². The lowest BCUT2D eigenvalue weighted by Crippen LogP contribution is -1.94. The number of ether oxygens (including phenoxy) is 1. The molecule has 0 saturated carbocycles. The molecule has 0 amide bonds. The lowest BCUT2D eigenvalue weighted by atomic mass is 10.1. The van der Waals surface area contributed by atoms with Crippen LogP contribution in [-0.4, -0.2) is 13.2 Å². The van der Waals surface area contributed by atoms with Crippen LogP contribution in [0.3, 0.4) is 0 Å². The summed E-state index contributed by atoms with van der Waals surface area (Å²) in [4.78, 5) is 13.2. The molecule has 0 saturated heterocycles. The predicted molar refractivity (Wildman–Crippen MR) is 49.5 cm³/mol. The first-order valence-corrected chi connectivity index (χ1v) is 4.05. The fourth-order valence-corrected chi connectivity index (χ4v) is 1.16. The van der Waals surface area contributed by atoms with Crippen molar-refractivity contribution in [1.82, 2.24) is 0 Å². The summed E-state index contributed by atoms with van der Waals surface area (Å²) in [6.45, 7) is 1.62. The summed E-state index contributed by atoms with van der Waals surface area (Å²) >= 11 is 0. The van der Waals surface area contributed by atoms with Crippen molar-refractivity contribution >= 4 is 6.08 Å². The van der Waals surface area contributed by atoms with Gasteiger partial charge in [-0.2, -0.15) is 0 Å². The molecule has 0 aliphatic heterocycles. The van der Waals surface area contributed by atoms with Crippen molar-refractivity contribution in [3.63, 3.8) is 0 Å². The summed E-state index contributed by atoms with van der Waals surface area (Å²) < 4.78 is 18.4. The zero-order valence-corrected chi connectivity index (χ0v) is 8.00. The number of nitrogens with zero attached hydrogens (tertiary/aromatic N) is 1. The first-order valence-electron chi connectivity index (χ1n) is 4.05. The maximum absolute atomic E-state index is 13.4. The van der Waals surface area contributed by atoms with E-state index in [2.05, 4.69) is 4.99 Å². The molecular weight excluding hydrogens is 185 g/mol. The van der Waals surface area contributed by atoms with Crippen molar-refractivity contribution in [3.8, 4) is 5.75 Å². The third-order valence-electron chi connectivity index (χ3n) is 1.85. The molecule has 0 aromatic heterocycles. The van der Waals surface area contributed by atoms with E-state index in [0.717, 1.165) is 0 Å². The number of halogens is 1. The number of carbonyl (C=O) groups excluding carboxylic acids is 1. The van der Waals surface area contributed by atoms with Crippen LogP contribution in [0.4, 0.5) is 4.39 Å². The van der Waals surface area contributed by atoms with Gasteiger partial charge in [0.2, 0.25) is 6.08 Å². The Morgan fingerprint density at radius 1 is 1.57 bits per heavy atom. The van der Waals surface area contributed by atoms with Gasteiger partial charge in [-0.1, -0.05) is 0 Å². The van der Waals surface area contributed by atoms with Gasteiger partial charge in [0.1, 0.15) is 11.6 Å². The number of hydrogen-bond donors (Lipinski definition) is 0. The van der Waals surface area contributed by atoms with Gasteiger partial charge in [-0.25, -0.2) is 14.2 Å². The van der Waals surface area contributed by atoms with E-state index in [1.807, 2.05) is 0 Å². The van der Waals surface area contributed by atoms with Crippen LogP contribution in [0.1, 0.15) is 11.1 Å². The van der Waals surface area contributed by atoms with Crippen LogP contribution in [0, 0.1) is 12.7 Å². The fourth-order valence-electron chi connectivity index (χ4n) is 1.16. The summed E-state index contributed by atoms with van der Waals surface area (Å²) in [6, 6.07) is 3.10. The van der Waals surface area contributed by atoms with Gasteiger partial charge in [-0.3, -0.25) is 0 Å². The van der Waals surface area contributed by atoms with E-state index in [9.17, 15) is 9.18 Å². The second-order valence-corrected chi connectivity index (χ2v) is 2.82. The molecular formula is C10H10FNO2. The minimum Gasteiger partial charge on any atom is -0.497 e. The maximum atomic E-state index is 13.4. The number of aliphatic imine (C=N–C) groups is 1. The lowest BCUT2D eigenvalue weighted by molar-refractivity contribution is 0.412. The minimum absolute atomic E-state index is 0.00657. The first-order chi connectivity index (χ1) is 6.69. The van der Waals surface area contributed by atoms with E-state index in [0.29, 0.717) is 16.9 Å². The van der Waals surface area contributed by atoms with Gasteiger partial charge in [0, 0.05) is 5.56 Å². The molecule has 0 aliphatic carbocycles. The highest BCUT2D eigenvalue weighted by Crippen LogP contribution is 2.21. The maximum Gasteiger partial charge on any atom is 0.235 e. The monoisotopic (exact) mass is 195 g/mol. The molecule has 4 heteroatoms. The Labute approximate surface area is 81.2 Å². The smallest absolute Gasteiger partial charge is 0.235 e. The molecule has 0 radical (unpaired) electrons. The molecule has 0 unspecified atom stereocenters. The van der Waals surface area contributed by atoms with Crippen molar-refractivity contribution < 1.29 is 13.9 Å². The highest BCUT2D eigenvalue weighted by Gasteiger charge is 2.07. The number of benzene rings is 1. The molecule has 0 spiro atoms. The van der Waals surface area contributed by atoms with Crippen LogP contribution in [0.5, 0.6) is 5.75 Å². The number of hydrogen-bond acceptors (Lipinski definition) is 3. The molecule has 3 nitrogen and oxygen atoms in total. The highest BCUT2D eigenvalue weighted by atomic mass is 19.1. The van der Waals surface area contributed by atoms with Crippen LogP contribution in [0.2, 0.25) is 0 Å². The highest BCUT2D eigenvalue weighted by molar-refractivity contribution is 5.38. The average Bonchev–Trinajstić information content (AvgIpc) is 2.20. The third-order valence-corrected chi connectivity index (χ3v) is 1.85. The second kappa shape index (κ2) is 4.53. The van der Waals surface area contributed by atoms with Crippen LogP contribution >= 0.6 is 0 Å². The van der Waals surface area contributed by atoms with E-state index >= 15 is 0 Å². The summed E-state index contributed by atoms with van der Waals surface area (Å²) in [5.41, 5.74) is 0.811. The standard InChI is InChI=1S/C10H10FNO2/c1-7-3-9(14-2)4-8(10(7)11)5-12-6-13/h3-4H,5H2,1-2H3. The van der Waals surface area contributed by atoms with Crippen LogP contribution < -0.4 is 4.74 Å². The molecule has 0 heterocycles. The molecule has 0 N–H and O–H groups in total. The largest absolute Gasteiger partial charge is 0.497 e. The van der Waals surface area contributed by atoms with Crippen molar-refractivity contribution in [2.75, 3.05) is 7.11 Å². The van der Waals surface area contributed by atoms with Crippen molar-refractivity contribution in [3.05, 3.63) is 29.1 Å². The van der Waals surface area contributed by atoms with Crippen LogP contribution in [0.15, 0.2) is 17.1 Å². The van der Waals surface area contributed by atoms with Crippen molar-refractivity contribution in [1.29, 1.82) is 0 Å². The van der Waals surface area contributed by atoms with Crippen molar-refractivity contribution in [2.24, 2.45) is 4.99 Å². The normalized spacial score (nSPS) is 9.36. The summed E-state index contributed by atoms with van der Waals surface area (Å²) in [5.74, 6) is 0.199. The molecule has 14 heavy (non-hydrogen) atoms. The summed E-state index contributed by atoms with van der Waals surface area (Å²) in [5, 5.41) is 0.